The molecule has 1 saturated heterocycles. The summed E-state index contributed by atoms with van der Waals surface area (Å²) < 4.78 is 5.15. The molecule has 1 unspecified atom stereocenters. The highest BCUT2D eigenvalue weighted by Gasteiger charge is 2.28. The molecule has 0 radical (unpaired) electrons. The van der Waals surface area contributed by atoms with Crippen molar-refractivity contribution in [2.24, 2.45) is 5.73 Å². The molecule has 0 aliphatic carbocycles. The number of carbonyl (C=O) groups is 2. The van der Waals surface area contributed by atoms with Crippen LogP contribution in [0.1, 0.15) is 11.6 Å². The molecule has 1 aromatic carbocycles. The number of likely N-dealkylation sites (N-methyl/N-ethyl adjacent to an activating group) is 1. The molecule has 1 fully saturated rings. The number of piperazine rings is 1. The third-order valence-corrected chi connectivity index (χ3v) is 3.42. The highest BCUT2D eigenvalue weighted by atomic mass is 16.5. The van der Waals surface area contributed by atoms with Crippen LogP contribution in [0.3, 0.4) is 0 Å². The number of methoxy groups -OCH3 is 1. The molecule has 0 aromatic heterocycles. The molecule has 1 aliphatic rings. The number of hydrogen-bond acceptors (Lipinski definition) is 4. The van der Waals surface area contributed by atoms with Gasteiger partial charge in [-0.2, -0.15) is 0 Å². The van der Waals surface area contributed by atoms with Crippen molar-refractivity contribution in [1.29, 1.82) is 0 Å². The van der Waals surface area contributed by atoms with Gasteiger partial charge in [-0.1, -0.05) is 12.1 Å². The highest BCUT2D eigenvalue weighted by molar-refractivity contribution is 5.92. The SMILES string of the molecule is COc1cccc(C(N)CN2CC(=O)N(C)CC2=O)c1. The van der Waals surface area contributed by atoms with Crippen LogP contribution in [0.2, 0.25) is 0 Å². The average molecular weight is 277 g/mol. The zero-order valence-electron chi connectivity index (χ0n) is 11.7. The highest BCUT2D eigenvalue weighted by Crippen LogP contribution is 2.19. The molecule has 1 aliphatic heterocycles. The van der Waals surface area contributed by atoms with E-state index in [2.05, 4.69) is 0 Å². The van der Waals surface area contributed by atoms with E-state index in [9.17, 15) is 9.59 Å². The van der Waals surface area contributed by atoms with Gasteiger partial charge in [0.1, 0.15) is 5.75 Å². The molecule has 1 aromatic rings. The maximum absolute atomic E-state index is 11.9. The number of hydrogen-bond donors (Lipinski definition) is 1. The van der Waals surface area contributed by atoms with Crippen LogP contribution in [-0.4, -0.2) is 55.4 Å². The van der Waals surface area contributed by atoms with Crippen LogP contribution in [0.25, 0.3) is 0 Å². The van der Waals surface area contributed by atoms with Crippen LogP contribution in [0.4, 0.5) is 0 Å². The van der Waals surface area contributed by atoms with Gasteiger partial charge < -0.3 is 20.3 Å². The van der Waals surface area contributed by atoms with Gasteiger partial charge in [-0.15, -0.1) is 0 Å². The first-order chi connectivity index (χ1) is 9.51. The van der Waals surface area contributed by atoms with Crippen LogP contribution >= 0.6 is 0 Å². The lowest BCUT2D eigenvalue weighted by atomic mass is 10.1. The van der Waals surface area contributed by atoms with E-state index in [0.717, 1.165) is 11.3 Å². The quantitative estimate of drug-likeness (QED) is 0.840. The van der Waals surface area contributed by atoms with Gasteiger partial charge in [0.25, 0.3) is 0 Å². The van der Waals surface area contributed by atoms with E-state index in [1.807, 2.05) is 24.3 Å². The number of nitrogens with zero attached hydrogens (tertiary/aromatic N) is 2. The topological polar surface area (TPSA) is 75.9 Å². The Morgan fingerprint density at radius 2 is 2.05 bits per heavy atom. The molecule has 0 saturated carbocycles. The molecule has 0 spiro atoms. The van der Waals surface area contributed by atoms with Gasteiger partial charge in [0.2, 0.25) is 11.8 Å². The van der Waals surface area contributed by atoms with Gasteiger partial charge in [-0.3, -0.25) is 9.59 Å². The maximum Gasteiger partial charge on any atom is 0.242 e. The number of amides is 2. The van der Waals surface area contributed by atoms with Gasteiger partial charge in [0, 0.05) is 19.6 Å². The second kappa shape index (κ2) is 5.92. The number of ether oxygens (including phenoxy) is 1. The number of benzene rings is 1. The first-order valence-electron chi connectivity index (χ1n) is 6.42. The van der Waals surface area contributed by atoms with Gasteiger partial charge in [-0.25, -0.2) is 0 Å². The summed E-state index contributed by atoms with van der Waals surface area (Å²) >= 11 is 0. The van der Waals surface area contributed by atoms with Gasteiger partial charge in [0.05, 0.1) is 20.2 Å². The molecule has 108 valence electrons. The normalized spacial score (nSPS) is 17.4. The summed E-state index contributed by atoms with van der Waals surface area (Å²) in [6, 6.07) is 7.07. The Kier molecular flexibility index (Phi) is 4.24. The van der Waals surface area contributed by atoms with Gasteiger partial charge >= 0.3 is 0 Å². The van der Waals surface area contributed by atoms with E-state index >= 15 is 0 Å². The number of rotatable bonds is 4. The molecule has 1 atom stereocenters. The van der Waals surface area contributed by atoms with Gasteiger partial charge in [-0.05, 0) is 17.7 Å². The predicted molar refractivity (Wildman–Crippen MR) is 74.1 cm³/mol. The van der Waals surface area contributed by atoms with E-state index in [1.165, 1.54) is 9.80 Å². The molecule has 2 rings (SSSR count). The number of carbonyl (C=O) groups excluding carboxylic acids is 2. The minimum absolute atomic E-state index is 0.0672. The zero-order chi connectivity index (χ0) is 14.7. The fourth-order valence-corrected chi connectivity index (χ4v) is 2.14. The molecule has 20 heavy (non-hydrogen) atoms. The molecular formula is C14H19N3O3. The Bertz CT molecular complexity index is 518. The van der Waals surface area contributed by atoms with Crippen molar-refractivity contribution in [2.45, 2.75) is 6.04 Å². The first kappa shape index (κ1) is 14.3. The van der Waals surface area contributed by atoms with Crippen molar-refractivity contribution in [2.75, 3.05) is 33.8 Å². The molecule has 6 heteroatoms. The Balaban J connectivity index is 2.05. The lowest BCUT2D eigenvalue weighted by Gasteiger charge is -2.33. The molecule has 2 N–H and O–H groups in total. The third kappa shape index (κ3) is 3.08. The predicted octanol–water partition coefficient (Wildman–Crippen LogP) is -0.00440. The molecule has 6 nitrogen and oxygen atoms in total. The van der Waals surface area contributed by atoms with E-state index in [0.29, 0.717) is 6.54 Å². The van der Waals surface area contributed by atoms with Gasteiger partial charge in [0.15, 0.2) is 0 Å². The standard InChI is InChI=1S/C14H19N3O3/c1-16-8-14(19)17(9-13(16)18)7-12(15)10-4-3-5-11(6-10)20-2/h3-6,12H,7-9,15H2,1-2H3. The average Bonchev–Trinajstić information content (AvgIpc) is 2.44. The monoisotopic (exact) mass is 277 g/mol. The summed E-state index contributed by atoms with van der Waals surface area (Å²) in [4.78, 5) is 26.5. The Hall–Kier alpha value is -2.08. The Labute approximate surface area is 118 Å². The lowest BCUT2D eigenvalue weighted by Crippen LogP contribution is -2.53. The molecule has 1 heterocycles. The lowest BCUT2D eigenvalue weighted by molar-refractivity contribution is -0.148. The third-order valence-electron chi connectivity index (χ3n) is 3.42. The van der Waals surface area contributed by atoms with Crippen molar-refractivity contribution in [3.05, 3.63) is 29.8 Å². The maximum atomic E-state index is 11.9. The van der Waals surface area contributed by atoms with E-state index in [4.69, 9.17) is 10.5 Å². The second-order valence-electron chi connectivity index (χ2n) is 4.91. The molecule has 0 bridgehead atoms. The summed E-state index contributed by atoms with van der Waals surface area (Å²) in [5.41, 5.74) is 7.00. The fraction of sp³-hybridized carbons (Fsp3) is 0.429. The van der Waals surface area contributed by atoms with Crippen LogP contribution in [0.5, 0.6) is 5.75 Å². The van der Waals surface area contributed by atoms with Crippen molar-refractivity contribution >= 4 is 11.8 Å². The summed E-state index contributed by atoms with van der Waals surface area (Å²) in [6.45, 7) is 0.530. The minimum atomic E-state index is -0.342. The largest absolute Gasteiger partial charge is 0.497 e. The molecule has 2 amide bonds. The van der Waals surface area contributed by atoms with Crippen LogP contribution < -0.4 is 10.5 Å². The van der Waals surface area contributed by atoms with Crippen LogP contribution in [0, 0.1) is 0 Å². The van der Waals surface area contributed by atoms with Crippen LogP contribution in [0.15, 0.2) is 24.3 Å². The number of nitrogens with two attached hydrogens (primary N) is 1. The summed E-state index contributed by atoms with van der Waals surface area (Å²) in [5.74, 6) is 0.576. The van der Waals surface area contributed by atoms with E-state index in [-0.39, 0.29) is 30.9 Å². The molecular weight excluding hydrogens is 258 g/mol. The summed E-state index contributed by atoms with van der Waals surface area (Å²) in [5, 5.41) is 0. The van der Waals surface area contributed by atoms with Crippen molar-refractivity contribution in [1.82, 2.24) is 9.80 Å². The summed E-state index contributed by atoms with van der Waals surface area (Å²) in [6.07, 6.45) is 0. The zero-order valence-corrected chi connectivity index (χ0v) is 11.7. The van der Waals surface area contributed by atoms with Crippen molar-refractivity contribution in [3.8, 4) is 5.75 Å². The van der Waals surface area contributed by atoms with E-state index < -0.39 is 0 Å². The Morgan fingerprint density at radius 3 is 2.75 bits per heavy atom. The Morgan fingerprint density at radius 1 is 1.30 bits per heavy atom. The fourth-order valence-electron chi connectivity index (χ4n) is 2.14. The van der Waals surface area contributed by atoms with Crippen molar-refractivity contribution in [3.63, 3.8) is 0 Å². The smallest absolute Gasteiger partial charge is 0.242 e. The second-order valence-corrected chi connectivity index (χ2v) is 4.91. The van der Waals surface area contributed by atoms with E-state index in [1.54, 1.807) is 14.2 Å². The first-order valence-corrected chi connectivity index (χ1v) is 6.42. The minimum Gasteiger partial charge on any atom is -0.497 e. The van der Waals surface area contributed by atoms with Crippen LogP contribution in [-0.2, 0) is 9.59 Å². The summed E-state index contributed by atoms with van der Waals surface area (Å²) in [7, 11) is 3.22. The van der Waals surface area contributed by atoms with Crippen molar-refractivity contribution < 1.29 is 14.3 Å².